The summed E-state index contributed by atoms with van der Waals surface area (Å²) in [5.41, 5.74) is 5.97. The zero-order chi connectivity index (χ0) is 26.9. The van der Waals surface area contributed by atoms with Crippen LogP contribution in [0.5, 0.6) is 11.5 Å². The molecule has 0 spiro atoms. The van der Waals surface area contributed by atoms with Crippen molar-refractivity contribution in [3.05, 3.63) is 83.4 Å². The van der Waals surface area contributed by atoms with E-state index in [0.29, 0.717) is 30.3 Å². The third kappa shape index (κ3) is 6.37. The van der Waals surface area contributed by atoms with E-state index in [9.17, 15) is 4.79 Å². The molecular weight excluding hydrogens is 474 g/mol. The molecule has 3 aromatic carbocycles. The van der Waals surface area contributed by atoms with Gasteiger partial charge in [-0.05, 0) is 69.1 Å². The molecule has 1 amide bonds. The molecule has 0 saturated heterocycles. The van der Waals surface area contributed by atoms with Crippen molar-refractivity contribution in [3.63, 3.8) is 0 Å². The second-order valence-corrected chi connectivity index (χ2v) is 9.38. The molecule has 6 nitrogen and oxygen atoms in total. The van der Waals surface area contributed by atoms with Gasteiger partial charge in [0.05, 0.1) is 30.2 Å². The van der Waals surface area contributed by atoms with E-state index in [0.717, 1.165) is 60.7 Å². The predicted molar refractivity (Wildman–Crippen MR) is 157 cm³/mol. The van der Waals surface area contributed by atoms with Crippen LogP contribution >= 0.6 is 0 Å². The first-order valence-electron chi connectivity index (χ1n) is 13.7. The van der Waals surface area contributed by atoms with Crippen LogP contribution in [0.4, 0.5) is 11.4 Å². The third-order valence-electron chi connectivity index (χ3n) is 6.45. The van der Waals surface area contributed by atoms with Crippen molar-refractivity contribution in [2.24, 2.45) is 0 Å². The zero-order valence-electron chi connectivity index (χ0n) is 23.0. The summed E-state index contributed by atoms with van der Waals surface area (Å²) >= 11 is 0. The number of carbonyl (C=O) groups is 1. The fourth-order valence-electron chi connectivity index (χ4n) is 4.84. The molecule has 200 valence electrons. The van der Waals surface area contributed by atoms with Crippen LogP contribution in [0.3, 0.4) is 0 Å². The monoisotopic (exact) mass is 513 g/mol. The Bertz CT molecular complexity index is 1250. The minimum atomic E-state index is -0.158. The van der Waals surface area contributed by atoms with E-state index < -0.39 is 0 Å². The van der Waals surface area contributed by atoms with E-state index >= 15 is 0 Å². The van der Waals surface area contributed by atoms with Gasteiger partial charge in [-0.1, -0.05) is 56.3 Å². The van der Waals surface area contributed by atoms with Crippen LogP contribution in [-0.2, 0) is 11.3 Å². The van der Waals surface area contributed by atoms with E-state index in [1.807, 2.05) is 56.3 Å². The molecule has 1 aliphatic heterocycles. The first-order chi connectivity index (χ1) is 18.6. The number of hydrogen-bond donors (Lipinski definition) is 2. The summed E-state index contributed by atoms with van der Waals surface area (Å²) in [4.78, 5) is 15.9. The number of nitrogens with zero attached hydrogens (tertiary/aromatic N) is 1. The molecule has 0 fully saturated rings. The Hall–Kier alpha value is -3.77. The molecule has 0 aromatic heterocycles. The minimum Gasteiger partial charge on any atom is -0.490 e. The molecule has 3 aromatic rings. The molecule has 0 radical (unpaired) electrons. The van der Waals surface area contributed by atoms with Crippen LogP contribution in [0, 0.1) is 0 Å². The van der Waals surface area contributed by atoms with E-state index in [2.05, 4.69) is 53.6 Å². The van der Waals surface area contributed by atoms with Gasteiger partial charge in [-0.2, -0.15) is 0 Å². The summed E-state index contributed by atoms with van der Waals surface area (Å²) in [7, 11) is 0. The van der Waals surface area contributed by atoms with Crippen LogP contribution in [0.15, 0.2) is 66.7 Å². The second kappa shape index (κ2) is 13.2. The first kappa shape index (κ1) is 27.3. The van der Waals surface area contributed by atoms with E-state index in [-0.39, 0.29) is 5.91 Å². The Labute approximate surface area is 226 Å². The van der Waals surface area contributed by atoms with E-state index in [1.54, 1.807) is 0 Å². The van der Waals surface area contributed by atoms with Crippen LogP contribution < -0.4 is 20.1 Å². The van der Waals surface area contributed by atoms with Crippen LogP contribution in [0.2, 0.25) is 0 Å². The molecule has 2 N–H and O–H groups in total. The number of carbonyl (C=O) groups excluding carboxylic acids is 1. The molecule has 0 unspecified atom stereocenters. The highest BCUT2D eigenvalue weighted by Gasteiger charge is 2.30. The summed E-state index contributed by atoms with van der Waals surface area (Å²) in [6.45, 7) is 12.5. The number of rotatable bonds is 13. The van der Waals surface area contributed by atoms with Crippen molar-refractivity contribution in [1.82, 2.24) is 4.90 Å². The minimum absolute atomic E-state index is 0.158. The van der Waals surface area contributed by atoms with Crippen molar-refractivity contribution >= 4 is 28.6 Å². The van der Waals surface area contributed by atoms with Gasteiger partial charge in [0.25, 0.3) is 5.91 Å². The lowest BCUT2D eigenvalue weighted by atomic mass is 9.99. The number of fused-ring (bicyclic) bond motifs is 1. The fraction of sp³-hybridized carbons (Fsp3) is 0.344. The lowest BCUT2D eigenvalue weighted by Crippen LogP contribution is -2.24. The van der Waals surface area contributed by atoms with Crippen molar-refractivity contribution in [2.45, 2.75) is 47.1 Å². The van der Waals surface area contributed by atoms with Crippen molar-refractivity contribution in [2.75, 3.05) is 36.9 Å². The van der Waals surface area contributed by atoms with Gasteiger partial charge in [0.2, 0.25) is 0 Å². The normalized spacial score (nSPS) is 13.8. The largest absolute Gasteiger partial charge is 0.490 e. The van der Waals surface area contributed by atoms with Gasteiger partial charge < -0.3 is 20.1 Å². The summed E-state index contributed by atoms with van der Waals surface area (Å²) in [5.74, 6) is 1.09. The van der Waals surface area contributed by atoms with Gasteiger partial charge in [0, 0.05) is 23.9 Å². The molecule has 6 heteroatoms. The van der Waals surface area contributed by atoms with Crippen molar-refractivity contribution < 1.29 is 14.3 Å². The van der Waals surface area contributed by atoms with Gasteiger partial charge in [0.15, 0.2) is 11.5 Å². The van der Waals surface area contributed by atoms with Gasteiger partial charge in [-0.15, -0.1) is 0 Å². The molecular formula is C32H39N3O3. The average molecular weight is 514 g/mol. The second-order valence-electron chi connectivity index (χ2n) is 9.38. The van der Waals surface area contributed by atoms with Gasteiger partial charge in [0.1, 0.15) is 0 Å². The van der Waals surface area contributed by atoms with Crippen LogP contribution in [0.1, 0.15) is 57.2 Å². The topological polar surface area (TPSA) is 62.8 Å². The highest BCUT2D eigenvalue weighted by molar-refractivity contribution is 6.37. The first-order valence-corrected chi connectivity index (χ1v) is 13.7. The van der Waals surface area contributed by atoms with Crippen LogP contribution in [0.25, 0.3) is 11.3 Å². The molecule has 0 atom stereocenters. The number of anilines is 2. The Balaban J connectivity index is 1.72. The molecule has 1 heterocycles. The molecule has 4 rings (SSSR count). The number of nitrogens with one attached hydrogen (secondary N) is 2. The third-order valence-corrected chi connectivity index (χ3v) is 6.45. The van der Waals surface area contributed by atoms with Gasteiger partial charge >= 0.3 is 0 Å². The predicted octanol–water partition coefficient (Wildman–Crippen LogP) is 7.04. The highest BCUT2D eigenvalue weighted by Crippen LogP contribution is 2.43. The smallest absolute Gasteiger partial charge is 0.258 e. The van der Waals surface area contributed by atoms with E-state index in [4.69, 9.17) is 9.47 Å². The highest BCUT2D eigenvalue weighted by atomic mass is 16.5. The molecule has 0 aliphatic carbocycles. The summed E-state index contributed by atoms with van der Waals surface area (Å²) in [6.07, 6.45) is 2.29. The number of amides is 1. The zero-order valence-corrected chi connectivity index (χ0v) is 23.0. The van der Waals surface area contributed by atoms with Gasteiger partial charge in [-0.25, -0.2) is 0 Å². The standard InChI is InChI=1S/C32H39N3O3/c1-5-18-35(19-6-2)22-23-14-16-25(17-15-23)33-31(24-12-10-9-11-13-24)30-26-20-28(37-7-3)29(38-8-4)21-27(26)34-32(30)36/h9-17,20-21,33H,5-8,18-19,22H2,1-4H3,(H,34,36)/b31-30-. The van der Waals surface area contributed by atoms with Crippen LogP contribution in [-0.4, -0.2) is 37.1 Å². The maximum Gasteiger partial charge on any atom is 0.258 e. The quantitative estimate of drug-likeness (QED) is 0.240. The maximum absolute atomic E-state index is 13.4. The van der Waals surface area contributed by atoms with Crippen molar-refractivity contribution in [3.8, 4) is 11.5 Å². The number of ether oxygens (including phenoxy) is 2. The Morgan fingerprint density at radius 3 is 2.08 bits per heavy atom. The Kier molecular flexibility index (Phi) is 9.44. The molecule has 0 saturated carbocycles. The summed E-state index contributed by atoms with van der Waals surface area (Å²) in [5, 5.41) is 6.59. The SMILES string of the molecule is CCCN(CCC)Cc1ccc(N/C(=C2\C(=O)Nc3cc(OCC)c(OCC)cc32)c2ccccc2)cc1. The van der Waals surface area contributed by atoms with Crippen molar-refractivity contribution in [1.29, 1.82) is 0 Å². The summed E-state index contributed by atoms with van der Waals surface area (Å²) < 4.78 is 11.7. The Morgan fingerprint density at radius 1 is 0.842 bits per heavy atom. The fourth-order valence-corrected chi connectivity index (χ4v) is 4.84. The lowest BCUT2D eigenvalue weighted by Gasteiger charge is -2.21. The maximum atomic E-state index is 13.4. The molecule has 1 aliphatic rings. The van der Waals surface area contributed by atoms with Gasteiger partial charge in [-0.3, -0.25) is 9.69 Å². The lowest BCUT2D eigenvalue weighted by molar-refractivity contribution is -0.110. The Morgan fingerprint density at radius 2 is 1.47 bits per heavy atom. The number of benzene rings is 3. The summed E-state index contributed by atoms with van der Waals surface area (Å²) in [6, 6.07) is 22.2. The molecule has 38 heavy (non-hydrogen) atoms. The molecule has 0 bridgehead atoms. The van der Waals surface area contributed by atoms with E-state index in [1.165, 1.54) is 5.56 Å². The average Bonchev–Trinajstić information content (AvgIpc) is 3.23. The number of hydrogen-bond acceptors (Lipinski definition) is 5.